The number of carbonyl (C=O) groups excluding carboxylic acids is 1. The maximum atomic E-state index is 13.0. The van der Waals surface area contributed by atoms with Crippen LogP contribution in [0.25, 0.3) is 5.52 Å². The van der Waals surface area contributed by atoms with Gasteiger partial charge in [-0.1, -0.05) is 18.2 Å². The average Bonchev–Trinajstić information content (AvgIpc) is 2.91. The van der Waals surface area contributed by atoms with Crippen LogP contribution >= 0.6 is 0 Å². The number of benzene rings is 1. The summed E-state index contributed by atoms with van der Waals surface area (Å²) in [6.07, 6.45) is 3.96. The van der Waals surface area contributed by atoms with Crippen LogP contribution in [0.1, 0.15) is 29.6 Å². The molecule has 2 aromatic heterocycles. The molecule has 0 saturated heterocycles. The smallest absolute Gasteiger partial charge is 0.338 e. The maximum absolute atomic E-state index is 13.0. The molecule has 0 saturated carbocycles. The predicted molar refractivity (Wildman–Crippen MR) is 143 cm³/mol. The molecule has 14 heteroatoms. The first-order chi connectivity index (χ1) is 18.6. The van der Waals surface area contributed by atoms with Gasteiger partial charge in [0, 0.05) is 12.1 Å². The molecule has 0 bridgehead atoms. The summed E-state index contributed by atoms with van der Waals surface area (Å²) >= 11 is 0. The molecule has 208 valence electrons. The van der Waals surface area contributed by atoms with E-state index in [1.165, 1.54) is 40.9 Å². The van der Waals surface area contributed by atoms with Crippen molar-refractivity contribution in [2.24, 2.45) is 11.5 Å². The Morgan fingerprint density at radius 3 is 2.44 bits per heavy atom. The molecule has 0 fully saturated rings. The molecule has 2 heterocycles. The van der Waals surface area contributed by atoms with Gasteiger partial charge in [-0.25, -0.2) is 8.42 Å². The molecule has 1 amide bonds. The number of sulfonamides is 1. The summed E-state index contributed by atoms with van der Waals surface area (Å²) in [6.45, 7) is 0.485. The first kappa shape index (κ1) is 29.1. The van der Waals surface area contributed by atoms with Gasteiger partial charge in [0.05, 0.1) is 24.2 Å². The number of unbranched alkanes of at least 4 members (excludes halogenated alkanes) is 2. The summed E-state index contributed by atoms with van der Waals surface area (Å²) in [5, 5.41) is 11.8. The molecule has 13 nitrogen and oxygen atoms in total. The number of hydrogen-bond acceptors (Lipinski definition) is 6. The zero-order chi connectivity index (χ0) is 28.4. The number of nitrogens with zero attached hydrogens (tertiary/aromatic N) is 1. The molecule has 0 spiro atoms. The van der Waals surface area contributed by atoms with Crippen molar-refractivity contribution in [3.63, 3.8) is 0 Å². The van der Waals surface area contributed by atoms with Crippen LogP contribution in [0.2, 0.25) is 0 Å². The molecule has 0 aliphatic heterocycles. The van der Waals surface area contributed by atoms with Crippen molar-refractivity contribution in [1.29, 1.82) is 0 Å². The first-order valence-corrected chi connectivity index (χ1v) is 13.5. The number of nitrogens with two attached hydrogens (primary N) is 2. The van der Waals surface area contributed by atoms with Crippen molar-refractivity contribution >= 4 is 33.4 Å². The fraction of sp³-hybridized carbons (Fsp3) is 0.280. The van der Waals surface area contributed by atoms with Crippen LogP contribution in [0.4, 0.5) is 0 Å². The van der Waals surface area contributed by atoms with E-state index in [2.05, 4.69) is 15.0 Å². The molecule has 0 radical (unpaired) electrons. The highest BCUT2D eigenvalue weighted by molar-refractivity contribution is 7.89. The Morgan fingerprint density at radius 1 is 1.03 bits per heavy atom. The van der Waals surface area contributed by atoms with Crippen LogP contribution in [0.3, 0.4) is 0 Å². The Labute approximate surface area is 224 Å². The fourth-order valence-electron chi connectivity index (χ4n) is 3.58. The van der Waals surface area contributed by atoms with E-state index in [1.54, 1.807) is 24.3 Å². The van der Waals surface area contributed by atoms with E-state index in [9.17, 15) is 27.9 Å². The van der Waals surface area contributed by atoms with Crippen molar-refractivity contribution in [1.82, 2.24) is 14.4 Å². The van der Waals surface area contributed by atoms with Crippen LogP contribution in [0.15, 0.2) is 70.5 Å². The van der Waals surface area contributed by atoms with E-state index in [0.29, 0.717) is 24.4 Å². The zero-order valence-corrected chi connectivity index (χ0v) is 21.8. The van der Waals surface area contributed by atoms with Gasteiger partial charge in [-0.05, 0) is 55.7 Å². The van der Waals surface area contributed by atoms with Crippen molar-refractivity contribution in [3.05, 3.63) is 76.7 Å². The lowest BCUT2D eigenvalue weighted by Crippen LogP contribution is -2.78. The molecule has 39 heavy (non-hydrogen) atoms. The highest BCUT2D eigenvalue weighted by Crippen LogP contribution is 2.13. The summed E-state index contributed by atoms with van der Waals surface area (Å²) in [7, 11) is -4.15. The third-order valence-electron chi connectivity index (χ3n) is 5.60. The van der Waals surface area contributed by atoms with Crippen LogP contribution in [0, 0.1) is 0 Å². The summed E-state index contributed by atoms with van der Waals surface area (Å²) in [5.41, 5.74) is 10.3. The van der Waals surface area contributed by atoms with Crippen LogP contribution in [0.5, 0.6) is 5.75 Å². The minimum Gasteiger partial charge on any atom is -0.492 e. The fourth-order valence-corrected chi connectivity index (χ4v) is 4.79. The molecule has 1 aromatic carbocycles. The topological polar surface area (TPSA) is 209 Å². The van der Waals surface area contributed by atoms with Crippen LogP contribution in [-0.2, 0) is 14.8 Å². The summed E-state index contributed by atoms with van der Waals surface area (Å²) < 4.78 is 34.0. The van der Waals surface area contributed by atoms with Gasteiger partial charge in [-0.15, -0.1) is 0 Å². The van der Waals surface area contributed by atoms with Gasteiger partial charge in [-0.2, -0.15) is 4.72 Å². The van der Waals surface area contributed by atoms with Gasteiger partial charge >= 0.3 is 11.9 Å². The minimum absolute atomic E-state index is 0.124. The summed E-state index contributed by atoms with van der Waals surface area (Å²) in [6, 6.07) is 11.8. The van der Waals surface area contributed by atoms with Gasteiger partial charge in [0.15, 0.2) is 0 Å². The van der Waals surface area contributed by atoms with E-state index in [-0.39, 0.29) is 16.4 Å². The standard InChI is InChI=1S/C25H30N6O7S/c26-25(27)28-13-5-2-6-14-38-18-11-9-17-10-12-20(23(33)31(17)16-18)22(32)29-15-21(24(34)35)30-39(36,37)19-7-3-1-4-8-19/h1,3-4,7-12,16,21,30H,2,5-6,13-15H2,(H,29,32)(H,34,35)(H4,26,27,28)/p+1/t21-/m0/s1. The van der Waals surface area contributed by atoms with E-state index in [4.69, 9.17) is 16.2 Å². The third-order valence-corrected chi connectivity index (χ3v) is 7.09. The number of ether oxygens (including phenoxy) is 1. The lowest BCUT2D eigenvalue weighted by molar-refractivity contribution is -0.459. The Balaban J connectivity index is 1.64. The minimum atomic E-state index is -4.15. The Morgan fingerprint density at radius 2 is 1.74 bits per heavy atom. The SMILES string of the molecule is NC(N)=[NH+]CCCCCOc1ccc2ccc(C(=O)NC[C@H](NS(=O)(=O)c3ccccc3)C(=O)O)c(=O)n2c1. The number of guanidine groups is 1. The molecule has 3 rings (SSSR count). The number of carbonyl (C=O) groups is 2. The summed E-state index contributed by atoms with van der Waals surface area (Å²) in [4.78, 5) is 40.1. The molecule has 0 aliphatic rings. The largest absolute Gasteiger partial charge is 0.492 e. The van der Waals surface area contributed by atoms with Crippen molar-refractivity contribution in [3.8, 4) is 5.75 Å². The number of fused-ring (bicyclic) bond motifs is 1. The predicted octanol–water partition coefficient (Wildman–Crippen LogP) is -1.64. The van der Waals surface area contributed by atoms with Gasteiger partial charge in [0.2, 0.25) is 10.0 Å². The number of hydrogen-bond donors (Lipinski definition) is 6. The highest BCUT2D eigenvalue weighted by atomic mass is 32.2. The van der Waals surface area contributed by atoms with Gasteiger partial charge in [0.1, 0.15) is 17.4 Å². The van der Waals surface area contributed by atoms with Gasteiger partial charge < -0.3 is 15.2 Å². The number of carboxylic acids is 1. The normalized spacial score (nSPS) is 12.0. The second-order valence-corrected chi connectivity index (χ2v) is 10.3. The molecular formula is C25H31N6O7S+. The van der Waals surface area contributed by atoms with E-state index in [1.807, 2.05) is 0 Å². The number of aliphatic carboxylic acids is 1. The third kappa shape index (κ3) is 8.28. The van der Waals surface area contributed by atoms with Crippen molar-refractivity contribution in [2.75, 3.05) is 19.7 Å². The quantitative estimate of drug-likeness (QED) is 0.0759. The lowest BCUT2D eigenvalue weighted by Gasteiger charge is -2.16. The number of rotatable bonds is 14. The lowest BCUT2D eigenvalue weighted by atomic mass is 10.2. The first-order valence-electron chi connectivity index (χ1n) is 12.1. The molecule has 3 aromatic rings. The number of carboxylic acid groups (broad SMARTS) is 1. The van der Waals surface area contributed by atoms with E-state index < -0.39 is 40.0 Å². The van der Waals surface area contributed by atoms with E-state index >= 15 is 0 Å². The molecule has 1 atom stereocenters. The van der Waals surface area contributed by atoms with Crippen LogP contribution in [-0.4, -0.2) is 61.5 Å². The van der Waals surface area contributed by atoms with E-state index in [0.717, 1.165) is 19.3 Å². The Hall–Kier alpha value is -4.43. The average molecular weight is 560 g/mol. The highest BCUT2D eigenvalue weighted by Gasteiger charge is 2.26. The zero-order valence-electron chi connectivity index (χ0n) is 21.0. The van der Waals surface area contributed by atoms with Crippen molar-refractivity contribution in [2.45, 2.75) is 30.2 Å². The molecular weight excluding hydrogens is 528 g/mol. The molecule has 0 aliphatic carbocycles. The number of nitrogens with one attached hydrogen (secondary N) is 3. The van der Waals surface area contributed by atoms with Crippen LogP contribution < -0.4 is 36.8 Å². The monoisotopic (exact) mass is 559 g/mol. The Bertz CT molecular complexity index is 1500. The molecule has 0 unspecified atom stereocenters. The second kappa shape index (κ2) is 13.4. The molecule has 8 N–H and O–H groups in total. The second-order valence-electron chi connectivity index (χ2n) is 8.54. The van der Waals surface area contributed by atoms with Crippen molar-refractivity contribution < 1.29 is 32.8 Å². The number of aromatic nitrogens is 1. The number of pyridine rings is 2. The number of amides is 1. The van der Waals surface area contributed by atoms with Gasteiger partial charge in [0.25, 0.3) is 11.5 Å². The maximum Gasteiger partial charge on any atom is 0.338 e. The Kier molecular flexibility index (Phi) is 10.0. The van der Waals surface area contributed by atoms with Gasteiger partial charge in [-0.3, -0.25) is 35.2 Å². The summed E-state index contributed by atoms with van der Waals surface area (Å²) in [5.74, 6) is -1.74.